The standard InChI is InChI=1S/C45H56N6O8/c1-29(52)57-36-25-34(58-39(26-36)33-23-38(54)43(55)41(24-33)56-20-13-32-6-3-16-47-28-32)10-8-31-9-11-37(53)40(21-31)59-35-7-2-14-45(27-35)15-19-50-44(51-45)49-17-4-5-30-12-18-48-42(46)22-30/h3,6,9,11-12,16,18,21-24,28,34-36,39,53-55H,2,4-5,7-8,10,13-15,17,19-20,25-27H2,1H3,(H2,46,48)(H2,49,50,51)/t34-,35+,36+,39-,45+/m0/s1. The number of nitrogens with one attached hydrogen (secondary N) is 2. The Kier molecular flexibility index (Phi) is 13.6. The highest BCUT2D eigenvalue weighted by atomic mass is 16.6. The lowest BCUT2D eigenvalue weighted by molar-refractivity contribution is -0.160. The number of benzene rings is 2. The van der Waals surface area contributed by atoms with Crippen molar-refractivity contribution in [2.45, 2.75) is 114 Å². The summed E-state index contributed by atoms with van der Waals surface area (Å²) in [5.41, 5.74) is 9.44. The number of aromatic hydroxyl groups is 3. The molecule has 1 aliphatic carbocycles. The number of aromatic nitrogens is 2. The van der Waals surface area contributed by atoms with Gasteiger partial charge in [-0.15, -0.1) is 0 Å². The SMILES string of the molecule is CC(=O)O[C@@H]1C[C@H](CCc2ccc(O)c(O[C@@H]3CCC[C@@]4(CCN=C(NCCCc5ccnc(N)c5)N4)C3)c2)O[C@H](c2cc(O)c(O)c(OCCc3cccnc3)c2)C1. The Morgan fingerprint density at radius 1 is 0.966 bits per heavy atom. The quantitative estimate of drug-likeness (QED) is 0.0450. The van der Waals surface area contributed by atoms with Crippen LogP contribution in [-0.2, 0) is 33.5 Å². The lowest BCUT2D eigenvalue weighted by atomic mass is 9.77. The van der Waals surface area contributed by atoms with Crippen molar-refractivity contribution in [1.29, 1.82) is 0 Å². The summed E-state index contributed by atoms with van der Waals surface area (Å²) < 4.78 is 24.7. The number of esters is 1. The van der Waals surface area contributed by atoms with E-state index in [1.54, 1.807) is 30.7 Å². The fourth-order valence-electron chi connectivity index (χ4n) is 8.49. The number of pyridine rings is 2. The molecule has 1 spiro atoms. The number of hydrogen-bond donors (Lipinski definition) is 6. The first-order chi connectivity index (χ1) is 28.6. The van der Waals surface area contributed by atoms with E-state index in [-0.39, 0.29) is 53.3 Å². The van der Waals surface area contributed by atoms with Crippen LogP contribution in [0.4, 0.5) is 5.82 Å². The Morgan fingerprint density at radius 3 is 2.68 bits per heavy atom. The molecule has 1 saturated carbocycles. The molecule has 3 aliphatic rings. The van der Waals surface area contributed by atoms with E-state index in [1.165, 1.54) is 18.6 Å². The molecule has 4 aromatic rings. The van der Waals surface area contributed by atoms with Gasteiger partial charge in [0.25, 0.3) is 0 Å². The van der Waals surface area contributed by atoms with Crippen molar-refractivity contribution in [2.24, 2.45) is 4.99 Å². The Bertz CT molecular complexity index is 2070. The molecule has 1 saturated heterocycles. The third kappa shape index (κ3) is 11.5. The predicted molar refractivity (Wildman–Crippen MR) is 223 cm³/mol. The van der Waals surface area contributed by atoms with Crippen molar-refractivity contribution in [1.82, 2.24) is 20.6 Å². The minimum atomic E-state index is -0.524. The maximum atomic E-state index is 12.1. The van der Waals surface area contributed by atoms with E-state index in [0.29, 0.717) is 49.2 Å². The highest BCUT2D eigenvalue weighted by Gasteiger charge is 2.40. The molecule has 0 radical (unpaired) electrons. The van der Waals surface area contributed by atoms with Crippen LogP contribution >= 0.6 is 0 Å². The third-order valence-corrected chi connectivity index (χ3v) is 11.4. The zero-order valence-electron chi connectivity index (χ0n) is 33.6. The number of aryl methyl sites for hydroxylation is 2. The number of nitrogen functional groups attached to an aromatic ring is 1. The zero-order valence-corrected chi connectivity index (χ0v) is 33.6. The van der Waals surface area contributed by atoms with Crippen molar-refractivity contribution in [2.75, 3.05) is 25.4 Å². The summed E-state index contributed by atoms with van der Waals surface area (Å²) in [6.45, 7) is 3.18. The molecular weight excluding hydrogens is 753 g/mol. The van der Waals surface area contributed by atoms with Crippen LogP contribution in [-0.4, -0.2) is 80.8 Å². The zero-order chi connectivity index (χ0) is 41.2. The number of ether oxygens (including phenoxy) is 4. The fraction of sp³-hybridized carbons (Fsp3) is 0.467. The monoisotopic (exact) mass is 808 g/mol. The van der Waals surface area contributed by atoms with Gasteiger partial charge in [-0.3, -0.25) is 14.8 Å². The second-order valence-corrected chi connectivity index (χ2v) is 16.0. The summed E-state index contributed by atoms with van der Waals surface area (Å²) in [6, 6.07) is 16.3. The van der Waals surface area contributed by atoms with Gasteiger partial charge in [-0.25, -0.2) is 4.98 Å². The molecule has 14 nitrogen and oxygen atoms in total. The second-order valence-electron chi connectivity index (χ2n) is 16.0. The van der Waals surface area contributed by atoms with Gasteiger partial charge in [-0.2, -0.15) is 0 Å². The number of guanidine groups is 1. The van der Waals surface area contributed by atoms with Crippen LogP contribution in [0, 0.1) is 0 Å². The van der Waals surface area contributed by atoms with E-state index in [4.69, 9.17) is 29.7 Å². The van der Waals surface area contributed by atoms with Crippen molar-refractivity contribution in [3.63, 3.8) is 0 Å². The van der Waals surface area contributed by atoms with Crippen LogP contribution < -0.4 is 25.8 Å². The Balaban J connectivity index is 0.943. The number of nitrogens with zero attached hydrogens (tertiary/aromatic N) is 3. The van der Waals surface area contributed by atoms with Gasteiger partial charge in [0.1, 0.15) is 18.0 Å². The Morgan fingerprint density at radius 2 is 1.85 bits per heavy atom. The van der Waals surface area contributed by atoms with E-state index >= 15 is 0 Å². The average Bonchev–Trinajstić information content (AvgIpc) is 3.21. The number of nitrogens with two attached hydrogens (primary N) is 1. The first kappa shape index (κ1) is 41.4. The summed E-state index contributed by atoms with van der Waals surface area (Å²) in [6.07, 6.45) is 13.1. The Labute approximate surface area is 345 Å². The number of carbonyl (C=O) groups excluding carboxylic acids is 1. The fourth-order valence-corrected chi connectivity index (χ4v) is 8.49. The van der Waals surface area contributed by atoms with Gasteiger partial charge >= 0.3 is 5.97 Å². The summed E-state index contributed by atoms with van der Waals surface area (Å²) in [7, 11) is 0. The van der Waals surface area contributed by atoms with Crippen LogP contribution in [0.15, 0.2) is 78.2 Å². The molecule has 314 valence electrons. The van der Waals surface area contributed by atoms with Crippen LogP contribution in [0.1, 0.15) is 93.1 Å². The molecule has 4 heterocycles. The molecule has 2 aliphatic heterocycles. The number of aliphatic imine (C=N–C) groups is 1. The van der Waals surface area contributed by atoms with E-state index in [9.17, 15) is 20.1 Å². The van der Waals surface area contributed by atoms with Gasteiger partial charge in [0.15, 0.2) is 29.0 Å². The average molecular weight is 809 g/mol. The van der Waals surface area contributed by atoms with Gasteiger partial charge in [0, 0.05) is 69.8 Å². The molecule has 0 bridgehead atoms. The lowest BCUT2D eigenvalue weighted by Crippen LogP contribution is -2.59. The van der Waals surface area contributed by atoms with Crippen molar-refractivity contribution in [3.8, 4) is 28.7 Å². The largest absolute Gasteiger partial charge is 0.504 e. The molecule has 2 fully saturated rings. The predicted octanol–water partition coefficient (Wildman–Crippen LogP) is 6.21. The van der Waals surface area contributed by atoms with Crippen LogP contribution in [0.25, 0.3) is 0 Å². The number of hydrogen-bond acceptors (Lipinski definition) is 14. The van der Waals surface area contributed by atoms with Gasteiger partial charge < -0.3 is 50.6 Å². The summed E-state index contributed by atoms with van der Waals surface area (Å²) in [4.78, 5) is 25.0. The van der Waals surface area contributed by atoms with Crippen molar-refractivity contribution < 1.29 is 39.1 Å². The topological polar surface area (TPSA) is 203 Å². The minimum absolute atomic E-state index is 0.0771. The van der Waals surface area contributed by atoms with Gasteiger partial charge in [0.05, 0.1) is 18.8 Å². The summed E-state index contributed by atoms with van der Waals surface area (Å²) >= 11 is 0. The third-order valence-electron chi connectivity index (χ3n) is 11.4. The number of carbonyl (C=O) groups is 1. The van der Waals surface area contributed by atoms with E-state index < -0.39 is 12.2 Å². The number of anilines is 1. The second kappa shape index (κ2) is 19.3. The molecular formula is C45H56N6O8. The molecule has 2 aromatic carbocycles. The Hall–Kier alpha value is -5.76. The highest BCUT2D eigenvalue weighted by Crippen LogP contribution is 2.43. The van der Waals surface area contributed by atoms with E-state index in [2.05, 4.69) is 20.6 Å². The molecule has 0 amide bonds. The first-order valence-electron chi connectivity index (χ1n) is 20.8. The summed E-state index contributed by atoms with van der Waals surface area (Å²) in [5, 5.41) is 39.4. The van der Waals surface area contributed by atoms with Crippen LogP contribution in [0.5, 0.6) is 28.7 Å². The first-order valence-corrected chi connectivity index (χ1v) is 20.8. The molecule has 2 aromatic heterocycles. The molecule has 0 unspecified atom stereocenters. The molecule has 7 N–H and O–H groups in total. The van der Waals surface area contributed by atoms with Crippen LogP contribution in [0.3, 0.4) is 0 Å². The molecule has 7 rings (SSSR count). The lowest BCUT2D eigenvalue weighted by Gasteiger charge is -2.44. The number of rotatable bonds is 15. The van der Waals surface area contributed by atoms with E-state index in [0.717, 1.165) is 75.1 Å². The van der Waals surface area contributed by atoms with Gasteiger partial charge in [-0.1, -0.05) is 12.1 Å². The molecule has 5 atom stereocenters. The number of phenolic OH excluding ortho intramolecular Hbond substituents is 3. The normalized spacial score (nSPS) is 22.8. The van der Waals surface area contributed by atoms with Gasteiger partial charge in [-0.05, 0) is 116 Å². The van der Waals surface area contributed by atoms with Crippen LogP contribution in [0.2, 0.25) is 0 Å². The molecule has 59 heavy (non-hydrogen) atoms. The van der Waals surface area contributed by atoms with Gasteiger partial charge in [0.2, 0.25) is 5.75 Å². The van der Waals surface area contributed by atoms with E-state index in [1.807, 2.05) is 36.4 Å². The van der Waals surface area contributed by atoms with Crippen molar-refractivity contribution >= 4 is 17.7 Å². The summed E-state index contributed by atoms with van der Waals surface area (Å²) in [5.74, 6) is 1.01. The smallest absolute Gasteiger partial charge is 0.302 e. The maximum Gasteiger partial charge on any atom is 0.302 e. The minimum Gasteiger partial charge on any atom is -0.504 e. The maximum absolute atomic E-state index is 12.1. The number of phenols is 3. The van der Waals surface area contributed by atoms with Crippen molar-refractivity contribution in [3.05, 3.63) is 95.4 Å². The molecule has 14 heteroatoms. The highest BCUT2D eigenvalue weighted by molar-refractivity contribution is 5.81.